The molecule has 1 aliphatic heterocycles. The molecule has 4 heteroatoms. The van der Waals surface area contributed by atoms with Crippen LogP contribution in [-0.2, 0) is 24.3 Å². The molecule has 0 fully saturated rings. The van der Waals surface area contributed by atoms with Gasteiger partial charge < -0.3 is 0 Å². The van der Waals surface area contributed by atoms with Crippen molar-refractivity contribution in [2.24, 2.45) is 0 Å². The van der Waals surface area contributed by atoms with Gasteiger partial charge in [-0.15, -0.1) is 0 Å². The van der Waals surface area contributed by atoms with Crippen LogP contribution < -0.4 is 13.6 Å². The Hall–Kier alpha value is -2.48. The zero-order valence-electron chi connectivity index (χ0n) is 25.5. The third kappa shape index (κ3) is 5.27. The second-order valence-electron chi connectivity index (χ2n) is 12.3. The molecule has 220 valence electrons. The third-order valence-electron chi connectivity index (χ3n) is 9.57. The van der Waals surface area contributed by atoms with Crippen LogP contribution in [0.2, 0.25) is 0 Å². The molecule has 0 aromatic heterocycles. The van der Waals surface area contributed by atoms with Gasteiger partial charge in [-0.2, -0.15) is 0 Å². The van der Waals surface area contributed by atoms with E-state index in [0.29, 0.717) is 0 Å². The summed E-state index contributed by atoms with van der Waals surface area (Å²) in [6.45, 7) is 4.56. The first-order valence-electron chi connectivity index (χ1n) is 16.1. The molecule has 0 nitrogen and oxygen atoms in total. The van der Waals surface area contributed by atoms with Gasteiger partial charge in [-0.3, -0.25) is 0 Å². The van der Waals surface area contributed by atoms with E-state index in [0.717, 1.165) is 32.1 Å². The SMILES string of the molecule is CCCCC1=Cc2c(ccc(CCC)c2-c2ccccc2-c2ccccc2)[CH]1[Zr]([Cl])([Cl])[c]1cccc2c1[SiH2]c1ccccc1-2. The van der Waals surface area contributed by atoms with Gasteiger partial charge in [0.25, 0.3) is 0 Å². The van der Waals surface area contributed by atoms with Crippen molar-refractivity contribution in [3.63, 3.8) is 0 Å². The predicted octanol–water partition coefficient (Wildman–Crippen LogP) is 9.49. The van der Waals surface area contributed by atoms with E-state index >= 15 is 0 Å². The Labute approximate surface area is 276 Å². The number of allylic oxidation sites excluding steroid dienone is 1. The second-order valence-corrected chi connectivity index (χ2v) is 28.1. The molecule has 0 saturated carbocycles. The van der Waals surface area contributed by atoms with E-state index in [1.807, 2.05) is 0 Å². The van der Waals surface area contributed by atoms with Gasteiger partial charge in [0.15, 0.2) is 0 Å². The zero-order chi connectivity index (χ0) is 30.3. The van der Waals surface area contributed by atoms with Gasteiger partial charge in [-0.25, -0.2) is 0 Å². The summed E-state index contributed by atoms with van der Waals surface area (Å²) < 4.78 is 1.42. The molecule has 7 rings (SSSR count). The van der Waals surface area contributed by atoms with E-state index in [9.17, 15) is 0 Å². The molecule has 0 radical (unpaired) electrons. The van der Waals surface area contributed by atoms with Gasteiger partial charge in [0.1, 0.15) is 0 Å². The van der Waals surface area contributed by atoms with Crippen molar-refractivity contribution in [3.05, 3.63) is 131 Å². The first kappa shape index (κ1) is 30.2. The Kier molecular flexibility index (Phi) is 8.73. The molecule has 1 atom stereocenters. The number of fused-ring (bicyclic) bond motifs is 4. The van der Waals surface area contributed by atoms with Crippen molar-refractivity contribution in [1.82, 2.24) is 0 Å². The Balaban J connectivity index is 1.43. The number of unbranched alkanes of at least 4 members (excludes halogenated alkanes) is 1. The fourth-order valence-electron chi connectivity index (χ4n) is 7.57. The van der Waals surface area contributed by atoms with Gasteiger partial charge in [0.2, 0.25) is 0 Å². The Morgan fingerprint density at radius 1 is 0.659 bits per heavy atom. The van der Waals surface area contributed by atoms with Crippen molar-refractivity contribution >= 4 is 46.3 Å². The quantitative estimate of drug-likeness (QED) is 0.131. The first-order valence-corrected chi connectivity index (χ1v) is 26.5. The van der Waals surface area contributed by atoms with Crippen LogP contribution in [0.1, 0.15) is 59.8 Å². The average molecular weight is 709 g/mol. The molecule has 1 unspecified atom stereocenters. The molecule has 5 aromatic rings. The topological polar surface area (TPSA) is 0 Å². The van der Waals surface area contributed by atoms with Crippen LogP contribution >= 0.6 is 17.0 Å². The standard InChI is InChI=1S/C28H29.C12H9Si.2ClH.Zr/c1-3-5-12-21-19-24-18-17-23(11-4-2)28(27(24)20-21)26-16-10-9-15-25(26)22-13-7-6-8-14-22;1-3-7-11-9(5-1)10-6-2-4-8-12(10)13-11;;;/h6-10,13-20H,3-5,11-12H2,1-2H3;1-7H,13H2;2*1H;/q;;;;+2/p-2. The molecule has 0 N–H and O–H groups in total. The summed E-state index contributed by atoms with van der Waals surface area (Å²) in [5, 5.41) is 3.01. The van der Waals surface area contributed by atoms with Crippen LogP contribution in [0.15, 0.2) is 115 Å². The van der Waals surface area contributed by atoms with Crippen LogP contribution in [0.25, 0.3) is 39.5 Å². The predicted molar refractivity (Wildman–Crippen MR) is 193 cm³/mol. The summed E-state index contributed by atoms with van der Waals surface area (Å²) in [5.41, 5.74) is 13.5. The fourth-order valence-corrected chi connectivity index (χ4v) is 24.4. The van der Waals surface area contributed by atoms with Gasteiger partial charge in [-0.1, -0.05) is 0 Å². The molecule has 44 heavy (non-hydrogen) atoms. The summed E-state index contributed by atoms with van der Waals surface area (Å²) in [5.74, 6) is 0. The third-order valence-corrected chi connectivity index (χ3v) is 23.9. The van der Waals surface area contributed by atoms with E-state index in [-0.39, 0.29) is 3.63 Å². The van der Waals surface area contributed by atoms with Crippen LogP contribution in [0.4, 0.5) is 0 Å². The van der Waals surface area contributed by atoms with Gasteiger partial charge in [0.05, 0.1) is 0 Å². The number of benzene rings is 5. The van der Waals surface area contributed by atoms with Crippen LogP contribution in [-0.4, -0.2) is 9.52 Å². The number of hydrogen-bond donors (Lipinski definition) is 0. The molecule has 2 aliphatic rings. The summed E-state index contributed by atoms with van der Waals surface area (Å²) in [6, 6.07) is 40.3. The van der Waals surface area contributed by atoms with Gasteiger partial charge in [0, 0.05) is 0 Å². The van der Waals surface area contributed by atoms with E-state index < -0.39 is 27.4 Å². The molecule has 0 bridgehead atoms. The minimum absolute atomic E-state index is 0.108. The molecule has 0 spiro atoms. The van der Waals surface area contributed by atoms with Crippen LogP contribution in [0.3, 0.4) is 0 Å². The second kappa shape index (κ2) is 12.7. The molecular weight excluding hydrogens is 671 g/mol. The molecule has 1 heterocycles. The summed E-state index contributed by atoms with van der Waals surface area (Å²) in [6.07, 6.45) is 8.00. The van der Waals surface area contributed by atoms with Crippen LogP contribution in [0, 0.1) is 0 Å². The number of aryl methyl sites for hydroxylation is 1. The zero-order valence-corrected chi connectivity index (χ0v) is 30.9. The normalized spacial score (nSPS) is 15.6. The Bertz CT molecular complexity index is 1870. The number of rotatable bonds is 9. The maximum atomic E-state index is 7.98. The summed E-state index contributed by atoms with van der Waals surface area (Å²) >= 11 is -4.04. The molecule has 1 aliphatic carbocycles. The average Bonchev–Trinajstić information content (AvgIpc) is 3.63. The van der Waals surface area contributed by atoms with Crippen LogP contribution in [0.5, 0.6) is 0 Å². The Morgan fingerprint density at radius 2 is 1.36 bits per heavy atom. The van der Waals surface area contributed by atoms with Gasteiger partial charge in [-0.05, 0) is 0 Å². The molecule has 0 saturated heterocycles. The monoisotopic (exact) mass is 706 g/mol. The molecular formula is C40H38Cl2SiZr. The van der Waals surface area contributed by atoms with Crippen molar-refractivity contribution in [1.29, 1.82) is 0 Å². The number of halogens is 2. The fraction of sp³-hybridized carbons (Fsp3) is 0.200. The van der Waals surface area contributed by atoms with E-state index in [4.69, 9.17) is 17.0 Å². The van der Waals surface area contributed by atoms with Crippen molar-refractivity contribution < 1.29 is 17.9 Å². The van der Waals surface area contributed by atoms with E-state index in [1.54, 1.807) is 0 Å². The summed E-state index contributed by atoms with van der Waals surface area (Å²) in [7, 11) is 15.3. The minimum atomic E-state index is -4.04. The molecule has 5 aromatic carbocycles. The number of hydrogen-bond acceptors (Lipinski definition) is 0. The van der Waals surface area contributed by atoms with Crippen molar-refractivity contribution in [2.75, 3.05) is 0 Å². The molecule has 0 amide bonds. The Morgan fingerprint density at radius 3 is 2.14 bits per heavy atom. The van der Waals surface area contributed by atoms with Crippen molar-refractivity contribution in [3.8, 4) is 33.4 Å². The van der Waals surface area contributed by atoms with Crippen molar-refractivity contribution in [2.45, 2.75) is 49.6 Å². The van der Waals surface area contributed by atoms with E-state index in [2.05, 4.69) is 129 Å². The summed E-state index contributed by atoms with van der Waals surface area (Å²) in [4.78, 5) is 0. The van der Waals surface area contributed by atoms with Gasteiger partial charge >= 0.3 is 279 Å². The van der Waals surface area contributed by atoms with E-state index in [1.165, 1.54) is 69.3 Å². The first-order chi connectivity index (χ1) is 21.5. The maximum absolute atomic E-state index is 7.98.